The first-order valence-electron chi connectivity index (χ1n) is 19.5. The first-order valence-corrected chi connectivity index (χ1v) is 21.0. The average Bonchev–Trinajstić information content (AvgIpc) is 3.04. The topological polar surface area (TPSA) is 108 Å². The van der Waals surface area contributed by atoms with Crippen molar-refractivity contribution in [3.8, 4) is 0 Å². The van der Waals surface area contributed by atoms with Gasteiger partial charge in [0.15, 0.2) is 0 Å². The molecule has 0 aliphatic rings. The molecule has 0 fully saturated rings. The van der Waals surface area contributed by atoms with Crippen molar-refractivity contribution in [2.45, 2.75) is 161 Å². The number of phosphoric acid groups is 1. The number of likely N-dealkylation sites (N-methyl/N-ethyl adjacent to an activating group) is 1. The summed E-state index contributed by atoms with van der Waals surface area (Å²) in [6.45, 7) is 4.47. The minimum Gasteiger partial charge on any atom is -0.756 e. The van der Waals surface area contributed by atoms with E-state index in [1.807, 2.05) is 27.2 Å². The highest BCUT2D eigenvalue weighted by Crippen LogP contribution is 2.38. The van der Waals surface area contributed by atoms with Gasteiger partial charge < -0.3 is 28.8 Å². The second kappa shape index (κ2) is 32.4. The Morgan fingerprint density at radius 2 is 1.24 bits per heavy atom. The third kappa shape index (κ3) is 34.7. The van der Waals surface area contributed by atoms with Gasteiger partial charge in [0.25, 0.3) is 7.82 Å². The first-order chi connectivity index (χ1) is 23.5. The quantitative estimate of drug-likeness (QED) is 0.0298. The molecule has 0 bridgehead atoms. The number of quaternary nitrogens is 1. The number of hydrogen-bond donors (Lipinski definition) is 2. The van der Waals surface area contributed by atoms with Crippen LogP contribution in [0.25, 0.3) is 0 Å². The minimum atomic E-state index is -4.59. The highest BCUT2D eigenvalue weighted by Gasteiger charge is 2.23. The van der Waals surface area contributed by atoms with Gasteiger partial charge in [-0.2, -0.15) is 0 Å². The lowest BCUT2D eigenvalue weighted by Crippen LogP contribution is -2.45. The van der Waals surface area contributed by atoms with Crippen LogP contribution in [0.5, 0.6) is 0 Å². The van der Waals surface area contributed by atoms with Crippen LogP contribution in [0, 0.1) is 0 Å². The molecule has 3 unspecified atom stereocenters. The summed E-state index contributed by atoms with van der Waals surface area (Å²) in [5, 5.41) is 13.7. The predicted octanol–water partition coefficient (Wildman–Crippen LogP) is 9.50. The van der Waals surface area contributed by atoms with Crippen LogP contribution in [0.4, 0.5) is 0 Å². The first kappa shape index (κ1) is 47.5. The van der Waals surface area contributed by atoms with E-state index in [-0.39, 0.29) is 12.5 Å². The monoisotopic (exact) mass is 711 g/mol. The van der Waals surface area contributed by atoms with Crippen LogP contribution in [0.1, 0.15) is 149 Å². The van der Waals surface area contributed by atoms with Crippen LogP contribution in [0.2, 0.25) is 0 Å². The molecule has 0 saturated carbocycles. The molecule has 2 N–H and O–H groups in total. The van der Waals surface area contributed by atoms with Crippen LogP contribution in [0.3, 0.4) is 0 Å². The third-order valence-corrected chi connectivity index (χ3v) is 9.26. The molecule has 0 radical (unpaired) electrons. The molecule has 3 atom stereocenters. The molecule has 0 spiro atoms. The fourth-order valence-electron chi connectivity index (χ4n) is 5.16. The van der Waals surface area contributed by atoms with Gasteiger partial charge in [0.05, 0.1) is 39.9 Å². The van der Waals surface area contributed by atoms with E-state index < -0.39 is 26.6 Å². The number of amides is 1. The maximum Gasteiger partial charge on any atom is 0.268 e. The fraction of sp³-hybridized carbons (Fsp3) is 0.775. The molecule has 8 nitrogen and oxygen atoms in total. The Balaban J connectivity index is 4.59. The second-order valence-corrected chi connectivity index (χ2v) is 15.7. The number of aliphatic hydroxyl groups excluding tert-OH is 1. The van der Waals surface area contributed by atoms with Gasteiger partial charge in [-0.05, 0) is 51.4 Å². The molecule has 0 aliphatic carbocycles. The van der Waals surface area contributed by atoms with Gasteiger partial charge in [0.2, 0.25) is 5.91 Å². The van der Waals surface area contributed by atoms with Crippen LogP contribution in [0.15, 0.2) is 48.6 Å². The number of hydrogen-bond acceptors (Lipinski definition) is 6. The molecule has 0 aromatic carbocycles. The van der Waals surface area contributed by atoms with Crippen molar-refractivity contribution in [2.24, 2.45) is 0 Å². The van der Waals surface area contributed by atoms with Gasteiger partial charge >= 0.3 is 0 Å². The number of nitrogens with one attached hydrogen (secondary N) is 1. The summed E-state index contributed by atoms with van der Waals surface area (Å²) in [5.41, 5.74) is 0. The number of carbonyl (C=O) groups excluding carboxylic acids is 1. The van der Waals surface area contributed by atoms with Gasteiger partial charge in [0, 0.05) is 6.42 Å². The van der Waals surface area contributed by atoms with Crippen LogP contribution < -0.4 is 10.2 Å². The smallest absolute Gasteiger partial charge is 0.268 e. The summed E-state index contributed by atoms with van der Waals surface area (Å²) in [6.07, 6.45) is 38.7. The SMILES string of the molecule is CC/C=C\C/C=C\C/C=C\CCCCCC(=O)NC(COP(=O)([O-])OCC[N+](C)(C)C)C(O)/C=C/CCCCCCCCCCCCCC. The largest absolute Gasteiger partial charge is 0.756 e. The lowest BCUT2D eigenvalue weighted by molar-refractivity contribution is -0.870. The highest BCUT2D eigenvalue weighted by molar-refractivity contribution is 7.45. The summed E-state index contributed by atoms with van der Waals surface area (Å²) in [4.78, 5) is 25.1. The van der Waals surface area contributed by atoms with Gasteiger partial charge in [-0.25, -0.2) is 0 Å². The van der Waals surface area contributed by atoms with E-state index in [0.29, 0.717) is 17.4 Å². The highest BCUT2D eigenvalue weighted by atomic mass is 31.2. The standard InChI is InChI=1S/C40H75N2O6P/c1-6-8-10-12-14-16-18-20-22-23-25-27-29-31-33-39(43)38(37-48-49(45,46)47-36-35-42(3,4)5)41-40(44)34-32-30-28-26-24-21-19-17-15-13-11-9-7-2/h9,11,15,17,21,24,31,33,38-39,43H,6-8,10,12-14,16,18-20,22-23,25-30,32,34-37H2,1-5H3,(H-,41,44,45,46)/b11-9-,17-15-,24-21-,33-31+. The second-order valence-electron chi connectivity index (χ2n) is 14.3. The average molecular weight is 711 g/mol. The fourth-order valence-corrected chi connectivity index (χ4v) is 5.89. The third-order valence-electron chi connectivity index (χ3n) is 8.29. The number of carbonyl (C=O) groups is 1. The zero-order valence-corrected chi connectivity index (χ0v) is 33.0. The Hall–Kier alpha value is -1.54. The number of allylic oxidation sites excluding steroid dienone is 7. The van der Waals surface area contributed by atoms with Gasteiger partial charge in [0.1, 0.15) is 13.2 Å². The van der Waals surface area contributed by atoms with Crippen molar-refractivity contribution in [1.29, 1.82) is 0 Å². The molecule has 49 heavy (non-hydrogen) atoms. The Bertz CT molecular complexity index is 944. The predicted molar refractivity (Wildman–Crippen MR) is 205 cm³/mol. The van der Waals surface area contributed by atoms with E-state index in [2.05, 4.69) is 55.6 Å². The van der Waals surface area contributed by atoms with E-state index >= 15 is 0 Å². The van der Waals surface area contributed by atoms with Crippen LogP contribution in [-0.2, 0) is 18.4 Å². The zero-order valence-electron chi connectivity index (χ0n) is 32.1. The number of unbranched alkanes of at least 4 members (excludes halogenated alkanes) is 15. The van der Waals surface area contributed by atoms with Crippen LogP contribution in [-0.4, -0.2) is 68.5 Å². The van der Waals surface area contributed by atoms with Crippen molar-refractivity contribution in [3.63, 3.8) is 0 Å². The molecule has 0 aromatic heterocycles. The van der Waals surface area contributed by atoms with Gasteiger partial charge in [-0.1, -0.05) is 140 Å². The van der Waals surface area contributed by atoms with Crippen LogP contribution >= 0.6 is 7.82 Å². The molecule has 9 heteroatoms. The summed E-state index contributed by atoms with van der Waals surface area (Å²) in [5.74, 6) is -0.230. The minimum absolute atomic E-state index is 0.00859. The molecule has 0 aliphatic heterocycles. The zero-order chi connectivity index (χ0) is 36.5. The van der Waals surface area contributed by atoms with Gasteiger partial charge in [-0.3, -0.25) is 9.36 Å². The van der Waals surface area contributed by atoms with Crippen molar-refractivity contribution in [1.82, 2.24) is 5.32 Å². The number of phosphoric ester groups is 1. The molecule has 0 rings (SSSR count). The summed E-state index contributed by atoms with van der Waals surface area (Å²) in [7, 11) is 1.23. The van der Waals surface area contributed by atoms with E-state index in [9.17, 15) is 19.4 Å². The summed E-state index contributed by atoms with van der Waals surface area (Å²) >= 11 is 0. The molecular formula is C40H75N2O6P. The van der Waals surface area contributed by atoms with Crippen molar-refractivity contribution in [3.05, 3.63) is 48.6 Å². The number of nitrogens with zero attached hydrogens (tertiary/aromatic N) is 1. The molecule has 0 saturated heterocycles. The Kier molecular flexibility index (Phi) is 31.4. The molecule has 286 valence electrons. The maximum absolute atomic E-state index is 12.8. The molecule has 0 aromatic rings. The van der Waals surface area contributed by atoms with E-state index in [4.69, 9.17) is 9.05 Å². The van der Waals surface area contributed by atoms with Crippen molar-refractivity contribution >= 4 is 13.7 Å². The van der Waals surface area contributed by atoms with E-state index in [1.165, 1.54) is 64.2 Å². The summed E-state index contributed by atoms with van der Waals surface area (Å²) in [6, 6.07) is -0.900. The van der Waals surface area contributed by atoms with E-state index in [1.54, 1.807) is 6.08 Å². The van der Waals surface area contributed by atoms with Crippen molar-refractivity contribution in [2.75, 3.05) is 40.9 Å². The Labute approximate surface area is 301 Å². The Morgan fingerprint density at radius 3 is 1.82 bits per heavy atom. The Morgan fingerprint density at radius 1 is 0.735 bits per heavy atom. The molecule has 1 amide bonds. The van der Waals surface area contributed by atoms with E-state index in [0.717, 1.165) is 64.2 Å². The number of rotatable bonds is 34. The normalized spacial score (nSPS) is 15.2. The summed E-state index contributed by atoms with van der Waals surface area (Å²) < 4.78 is 23.1. The molecular weight excluding hydrogens is 635 g/mol. The lowest BCUT2D eigenvalue weighted by atomic mass is 10.0. The maximum atomic E-state index is 12.8. The lowest BCUT2D eigenvalue weighted by Gasteiger charge is -2.29. The number of aliphatic hydroxyl groups is 1. The molecule has 0 heterocycles. The van der Waals surface area contributed by atoms with Crippen molar-refractivity contribution < 1.29 is 32.9 Å². The van der Waals surface area contributed by atoms with Gasteiger partial charge in [-0.15, -0.1) is 0 Å².